The first-order chi connectivity index (χ1) is 16.2. The molecular formula is C27H31N5O2. The van der Waals surface area contributed by atoms with Crippen molar-refractivity contribution in [2.45, 2.75) is 58.9 Å². The SMILES string of the molecule is Cc1nnc(-c2cc(C(C)(C)C)n(-c3cccc(C(=O)N[C@@H](C)CCc4ccccc4)c3)n2)o1. The van der Waals surface area contributed by atoms with Crippen molar-refractivity contribution in [2.24, 2.45) is 0 Å². The summed E-state index contributed by atoms with van der Waals surface area (Å²) in [4.78, 5) is 13.0. The molecule has 34 heavy (non-hydrogen) atoms. The van der Waals surface area contributed by atoms with Crippen LogP contribution in [0.15, 0.2) is 65.1 Å². The van der Waals surface area contributed by atoms with Crippen LogP contribution >= 0.6 is 0 Å². The standard InChI is InChI=1S/C27H31N5O2/c1-18(14-15-20-10-7-6-8-11-20)28-25(33)21-12-9-13-22(16-21)32-24(27(3,4)5)17-23(31-32)26-30-29-19(2)34-26/h6-13,16-18H,14-15H2,1-5H3,(H,28,33)/t18-/m0/s1. The Morgan fingerprint density at radius 2 is 1.82 bits per heavy atom. The minimum Gasteiger partial charge on any atom is -0.420 e. The van der Waals surface area contributed by atoms with Gasteiger partial charge in [-0.25, -0.2) is 4.68 Å². The first-order valence-corrected chi connectivity index (χ1v) is 11.6. The molecule has 0 aliphatic rings. The lowest BCUT2D eigenvalue weighted by molar-refractivity contribution is 0.0938. The maximum Gasteiger partial charge on any atom is 0.268 e. The molecule has 0 saturated heterocycles. The number of carbonyl (C=O) groups is 1. The third-order valence-electron chi connectivity index (χ3n) is 5.66. The minimum absolute atomic E-state index is 0.0542. The average Bonchev–Trinajstić information content (AvgIpc) is 3.45. The Kier molecular flexibility index (Phi) is 6.63. The zero-order valence-electron chi connectivity index (χ0n) is 20.4. The van der Waals surface area contributed by atoms with Crippen molar-refractivity contribution in [2.75, 3.05) is 0 Å². The van der Waals surface area contributed by atoms with Gasteiger partial charge < -0.3 is 9.73 Å². The highest BCUT2D eigenvalue weighted by Crippen LogP contribution is 2.29. The van der Waals surface area contributed by atoms with Gasteiger partial charge in [0.05, 0.1) is 11.4 Å². The monoisotopic (exact) mass is 457 g/mol. The molecule has 4 aromatic rings. The van der Waals surface area contributed by atoms with Gasteiger partial charge in [-0.2, -0.15) is 5.10 Å². The molecule has 1 amide bonds. The number of hydrogen-bond acceptors (Lipinski definition) is 5. The van der Waals surface area contributed by atoms with Crippen LogP contribution in [0.5, 0.6) is 0 Å². The summed E-state index contributed by atoms with van der Waals surface area (Å²) in [6.07, 6.45) is 1.79. The van der Waals surface area contributed by atoms with Crippen molar-refractivity contribution in [3.63, 3.8) is 0 Å². The number of carbonyl (C=O) groups excluding carboxylic acids is 1. The number of benzene rings is 2. The largest absolute Gasteiger partial charge is 0.420 e. The van der Waals surface area contributed by atoms with E-state index in [4.69, 9.17) is 9.52 Å². The van der Waals surface area contributed by atoms with Crippen molar-refractivity contribution in [3.8, 4) is 17.3 Å². The van der Waals surface area contributed by atoms with Crippen molar-refractivity contribution >= 4 is 5.91 Å². The van der Waals surface area contributed by atoms with Crippen LogP contribution in [0.3, 0.4) is 0 Å². The summed E-state index contributed by atoms with van der Waals surface area (Å²) in [5.41, 5.74) is 4.06. The maximum atomic E-state index is 13.0. The predicted octanol–water partition coefficient (Wildman–Crippen LogP) is 5.28. The third-order valence-corrected chi connectivity index (χ3v) is 5.66. The first-order valence-electron chi connectivity index (χ1n) is 11.6. The fraction of sp³-hybridized carbons (Fsp3) is 0.333. The van der Waals surface area contributed by atoms with Crippen molar-refractivity contribution in [1.82, 2.24) is 25.3 Å². The van der Waals surface area contributed by atoms with Crippen molar-refractivity contribution in [1.29, 1.82) is 0 Å². The lowest BCUT2D eigenvalue weighted by Gasteiger charge is -2.20. The highest BCUT2D eigenvalue weighted by Gasteiger charge is 2.24. The van der Waals surface area contributed by atoms with E-state index >= 15 is 0 Å². The van der Waals surface area contributed by atoms with E-state index in [1.54, 1.807) is 6.92 Å². The quantitative estimate of drug-likeness (QED) is 0.408. The summed E-state index contributed by atoms with van der Waals surface area (Å²) in [5, 5.41) is 15.9. The lowest BCUT2D eigenvalue weighted by Crippen LogP contribution is -2.33. The molecule has 1 N–H and O–H groups in total. The van der Waals surface area contributed by atoms with Crippen LogP contribution in [0.1, 0.15) is 61.6 Å². The Morgan fingerprint density at radius 3 is 2.50 bits per heavy atom. The highest BCUT2D eigenvalue weighted by atomic mass is 16.4. The molecule has 0 radical (unpaired) electrons. The topological polar surface area (TPSA) is 85.8 Å². The summed E-state index contributed by atoms with van der Waals surface area (Å²) >= 11 is 0. The van der Waals surface area contributed by atoms with Gasteiger partial charge in [0, 0.05) is 23.9 Å². The maximum absolute atomic E-state index is 13.0. The lowest BCUT2D eigenvalue weighted by atomic mass is 9.91. The zero-order chi connectivity index (χ0) is 24.3. The van der Waals surface area contributed by atoms with E-state index in [0.717, 1.165) is 24.2 Å². The first kappa shape index (κ1) is 23.4. The molecule has 2 heterocycles. The molecule has 7 heteroatoms. The van der Waals surface area contributed by atoms with Crippen LogP contribution in [0.25, 0.3) is 17.3 Å². The number of aryl methyl sites for hydroxylation is 2. The van der Waals surface area contributed by atoms with Crippen molar-refractivity contribution in [3.05, 3.63) is 83.4 Å². The summed E-state index contributed by atoms with van der Waals surface area (Å²) in [6, 6.07) is 19.8. The Morgan fingerprint density at radius 1 is 1.06 bits per heavy atom. The van der Waals surface area contributed by atoms with Crippen LogP contribution in [0, 0.1) is 6.92 Å². The Bertz CT molecular complexity index is 1270. The summed E-state index contributed by atoms with van der Waals surface area (Å²) < 4.78 is 7.44. The fourth-order valence-corrected chi connectivity index (χ4v) is 3.80. The molecule has 0 fully saturated rings. The molecule has 7 nitrogen and oxygen atoms in total. The van der Waals surface area contributed by atoms with Gasteiger partial charge in [-0.1, -0.05) is 57.2 Å². The van der Waals surface area contributed by atoms with E-state index in [0.29, 0.717) is 23.0 Å². The van der Waals surface area contributed by atoms with E-state index in [9.17, 15) is 4.79 Å². The second kappa shape index (κ2) is 9.63. The summed E-state index contributed by atoms with van der Waals surface area (Å²) in [6.45, 7) is 10.1. The van der Waals surface area contributed by atoms with Gasteiger partial charge in [-0.3, -0.25) is 4.79 Å². The zero-order valence-corrected chi connectivity index (χ0v) is 20.4. The highest BCUT2D eigenvalue weighted by molar-refractivity contribution is 5.94. The fourth-order valence-electron chi connectivity index (χ4n) is 3.80. The predicted molar refractivity (Wildman–Crippen MR) is 132 cm³/mol. The number of rotatable bonds is 7. The molecule has 1 atom stereocenters. The average molecular weight is 458 g/mol. The number of nitrogens with zero attached hydrogens (tertiary/aromatic N) is 4. The molecule has 0 aliphatic heterocycles. The minimum atomic E-state index is -0.190. The smallest absolute Gasteiger partial charge is 0.268 e. The Labute approximate surface area is 200 Å². The molecular weight excluding hydrogens is 426 g/mol. The Hall–Kier alpha value is -3.74. The van der Waals surface area contributed by atoms with E-state index in [2.05, 4.69) is 48.4 Å². The van der Waals surface area contributed by atoms with Crippen LogP contribution < -0.4 is 5.32 Å². The molecule has 4 rings (SSSR count). The van der Waals surface area contributed by atoms with Crippen molar-refractivity contribution < 1.29 is 9.21 Å². The molecule has 0 saturated carbocycles. The number of aromatic nitrogens is 4. The molecule has 0 aliphatic carbocycles. The summed E-state index contributed by atoms with van der Waals surface area (Å²) in [7, 11) is 0. The van der Waals surface area contributed by atoms with E-state index < -0.39 is 0 Å². The molecule has 0 spiro atoms. The second-order valence-electron chi connectivity index (χ2n) is 9.65. The molecule has 2 aromatic carbocycles. The molecule has 2 aromatic heterocycles. The van der Waals surface area contributed by atoms with E-state index in [-0.39, 0.29) is 17.4 Å². The van der Waals surface area contributed by atoms with E-state index in [1.807, 2.05) is 60.1 Å². The van der Waals surface area contributed by atoms with Gasteiger partial charge in [0.2, 0.25) is 5.89 Å². The van der Waals surface area contributed by atoms with Gasteiger partial charge in [-0.05, 0) is 49.6 Å². The van der Waals surface area contributed by atoms with E-state index in [1.165, 1.54) is 5.56 Å². The molecule has 0 bridgehead atoms. The number of nitrogens with one attached hydrogen (secondary N) is 1. The number of hydrogen-bond donors (Lipinski definition) is 1. The number of amides is 1. The van der Waals surface area contributed by atoms with Gasteiger partial charge in [-0.15, -0.1) is 10.2 Å². The van der Waals surface area contributed by atoms with Gasteiger partial charge in [0.1, 0.15) is 5.69 Å². The summed E-state index contributed by atoms with van der Waals surface area (Å²) in [5.74, 6) is 0.768. The normalized spacial score (nSPS) is 12.5. The van der Waals surface area contributed by atoms with Crippen LogP contribution in [-0.4, -0.2) is 31.9 Å². The second-order valence-corrected chi connectivity index (χ2v) is 9.65. The van der Waals surface area contributed by atoms with Gasteiger partial charge in [0.25, 0.3) is 11.8 Å². The van der Waals surface area contributed by atoms with Crippen LogP contribution in [0.2, 0.25) is 0 Å². The van der Waals surface area contributed by atoms with Gasteiger partial charge >= 0.3 is 0 Å². The molecule has 0 unspecified atom stereocenters. The molecule has 176 valence electrons. The van der Waals surface area contributed by atoms with Gasteiger partial charge in [0.15, 0.2) is 0 Å². The third kappa shape index (κ3) is 5.42. The van der Waals surface area contributed by atoms with Crippen LogP contribution in [-0.2, 0) is 11.8 Å². The Balaban J connectivity index is 1.54. The van der Waals surface area contributed by atoms with Crippen LogP contribution in [0.4, 0.5) is 0 Å².